The Bertz CT molecular complexity index is 488. The number of aromatic nitrogens is 2. The Morgan fingerprint density at radius 3 is 2.53 bits per heavy atom. The molecular weight excluding hydrogens is 217 g/mol. The first-order valence-corrected chi connectivity index (χ1v) is 5.65. The molecule has 0 amide bonds. The van der Waals surface area contributed by atoms with Crippen molar-refractivity contribution in [2.24, 2.45) is 0 Å². The van der Waals surface area contributed by atoms with Gasteiger partial charge in [0.2, 0.25) is 0 Å². The summed E-state index contributed by atoms with van der Waals surface area (Å²) in [5, 5.41) is 7.60. The summed E-state index contributed by atoms with van der Waals surface area (Å²) in [6.45, 7) is 5.60. The van der Waals surface area contributed by atoms with E-state index in [0.29, 0.717) is 0 Å². The highest BCUT2D eigenvalue weighted by Gasteiger charge is 2.00. The van der Waals surface area contributed by atoms with Crippen LogP contribution in [0, 0.1) is 19.7 Å². The van der Waals surface area contributed by atoms with Crippen LogP contribution in [0.4, 0.5) is 10.1 Å². The number of nitrogens with zero attached hydrogens (tertiary/aromatic N) is 2. The maximum Gasteiger partial charge on any atom is 0.123 e. The second-order valence-electron chi connectivity index (χ2n) is 4.08. The lowest BCUT2D eigenvalue weighted by Crippen LogP contribution is -2.12. The molecule has 1 N–H and O–H groups in total. The van der Waals surface area contributed by atoms with E-state index in [-0.39, 0.29) is 5.82 Å². The van der Waals surface area contributed by atoms with E-state index in [4.69, 9.17) is 0 Å². The fraction of sp³-hybridized carbons (Fsp3) is 0.308. The highest BCUT2D eigenvalue weighted by molar-refractivity contribution is 5.42. The van der Waals surface area contributed by atoms with Gasteiger partial charge in [0, 0.05) is 17.9 Å². The first-order chi connectivity index (χ1) is 8.15. The molecule has 0 saturated heterocycles. The highest BCUT2D eigenvalue weighted by Crippen LogP contribution is 2.08. The maximum atomic E-state index is 12.7. The van der Waals surface area contributed by atoms with E-state index in [2.05, 4.69) is 16.5 Å². The minimum atomic E-state index is -0.214. The van der Waals surface area contributed by atoms with Gasteiger partial charge in [-0.3, -0.25) is 4.68 Å². The molecule has 0 spiro atoms. The lowest BCUT2D eigenvalue weighted by molar-refractivity contribution is 0.614. The summed E-state index contributed by atoms with van der Waals surface area (Å²) >= 11 is 0. The summed E-state index contributed by atoms with van der Waals surface area (Å²) in [6.07, 6.45) is 0. The van der Waals surface area contributed by atoms with Crippen LogP contribution >= 0.6 is 0 Å². The molecular formula is C13H16FN3. The Hall–Kier alpha value is -1.84. The molecule has 4 heteroatoms. The Morgan fingerprint density at radius 1 is 1.24 bits per heavy atom. The van der Waals surface area contributed by atoms with E-state index in [9.17, 15) is 4.39 Å². The molecule has 0 aliphatic rings. The van der Waals surface area contributed by atoms with Gasteiger partial charge >= 0.3 is 0 Å². The average Bonchev–Trinajstić information content (AvgIpc) is 2.60. The smallest absolute Gasteiger partial charge is 0.123 e. The number of halogens is 1. The van der Waals surface area contributed by atoms with Crippen LogP contribution < -0.4 is 5.32 Å². The number of anilines is 1. The van der Waals surface area contributed by atoms with Gasteiger partial charge in [-0.15, -0.1) is 0 Å². The normalized spacial score (nSPS) is 10.5. The molecule has 0 bridgehead atoms. The van der Waals surface area contributed by atoms with Crippen LogP contribution in [-0.2, 0) is 6.54 Å². The van der Waals surface area contributed by atoms with E-state index in [1.807, 2.05) is 18.5 Å². The lowest BCUT2D eigenvalue weighted by atomic mass is 10.3. The van der Waals surface area contributed by atoms with Crippen molar-refractivity contribution in [3.05, 3.63) is 47.5 Å². The third kappa shape index (κ3) is 3.06. The molecule has 0 saturated carbocycles. The molecule has 0 aliphatic carbocycles. The van der Waals surface area contributed by atoms with E-state index in [1.54, 1.807) is 12.1 Å². The summed E-state index contributed by atoms with van der Waals surface area (Å²) in [5.74, 6) is -0.214. The van der Waals surface area contributed by atoms with Crippen molar-refractivity contribution in [1.82, 2.24) is 9.78 Å². The molecule has 3 nitrogen and oxygen atoms in total. The van der Waals surface area contributed by atoms with E-state index >= 15 is 0 Å². The molecule has 2 aromatic rings. The lowest BCUT2D eigenvalue weighted by Gasteiger charge is -2.07. The zero-order valence-electron chi connectivity index (χ0n) is 10.1. The van der Waals surface area contributed by atoms with Gasteiger partial charge in [0.05, 0.1) is 12.2 Å². The molecule has 0 fully saturated rings. The Labute approximate surface area is 100 Å². The first-order valence-electron chi connectivity index (χ1n) is 5.65. The standard InChI is InChI=1S/C13H16FN3/c1-10-9-11(2)17(16-10)8-7-15-13-5-3-12(14)4-6-13/h3-6,9,15H,7-8H2,1-2H3. The third-order valence-corrected chi connectivity index (χ3v) is 2.60. The molecule has 90 valence electrons. The number of aryl methyl sites for hydroxylation is 2. The fourth-order valence-electron chi connectivity index (χ4n) is 1.78. The number of rotatable bonds is 4. The second kappa shape index (κ2) is 4.99. The number of nitrogens with one attached hydrogen (secondary N) is 1. The molecule has 0 aliphatic heterocycles. The Kier molecular flexibility index (Phi) is 3.42. The van der Waals surface area contributed by atoms with Gasteiger partial charge in [-0.05, 0) is 44.2 Å². The minimum Gasteiger partial charge on any atom is -0.383 e. The van der Waals surface area contributed by atoms with Crippen molar-refractivity contribution >= 4 is 5.69 Å². The van der Waals surface area contributed by atoms with Gasteiger partial charge in [0.15, 0.2) is 0 Å². The maximum absolute atomic E-state index is 12.7. The molecule has 1 aromatic heterocycles. The molecule has 0 unspecified atom stereocenters. The molecule has 1 aromatic carbocycles. The number of hydrogen-bond acceptors (Lipinski definition) is 2. The largest absolute Gasteiger partial charge is 0.383 e. The first kappa shape index (κ1) is 11.6. The van der Waals surface area contributed by atoms with Crippen LogP contribution in [0.2, 0.25) is 0 Å². The van der Waals surface area contributed by atoms with Gasteiger partial charge < -0.3 is 5.32 Å². The Balaban J connectivity index is 1.87. The highest BCUT2D eigenvalue weighted by atomic mass is 19.1. The SMILES string of the molecule is Cc1cc(C)n(CCNc2ccc(F)cc2)n1. The van der Waals surface area contributed by atoms with Crippen LogP contribution in [0.3, 0.4) is 0 Å². The van der Waals surface area contributed by atoms with Crippen LogP contribution in [0.15, 0.2) is 30.3 Å². The van der Waals surface area contributed by atoms with Crippen LogP contribution in [0.1, 0.15) is 11.4 Å². The van der Waals surface area contributed by atoms with Crippen LogP contribution in [-0.4, -0.2) is 16.3 Å². The molecule has 2 rings (SSSR count). The molecule has 0 radical (unpaired) electrons. The zero-order valence-corrected chi connectivity index (χ0v) is 10.1. The van der Waals surface area contributed by atoms with Crippen molar-refractivity contribution in [3.8, 4) is 0 Å². The fourth-order valence-corrected chi connectivity index (χ4v) is 1.78. The van der Waals surface area contributed by atoms with E-state index < -0.39 is 0 Å². The van der Waals surface area contributed by atoms with Gasteiger partial charge in [-0.25, -0.2) is 4.39 Å². The predicted octanol–water partition coefficient (Wildman–Crippen LogP) is 2.75. The van der Waals surface area contributed by atoms with E-state index in [1.165, 1.54) is 12.1 Å². The summed E-state index contributed by atoms with van der Waals surface area (Å²) in [5.41, 5.74) is 3.11. The summed E-state index contributed by atoms with van der Waals surface area (Å²) in [6, 6.07) is 8.42. The van der Waals surface area contributed by atoms with Gasteiger partial charge in [-0.1, -0.05) is 0 Å². The zero-order chi connectivity index (χ0) is 12.3. The van der Waals surface area contributed by atoms with E-state index in [0.717, 1.165) is 30.2 Å². The predicted molar refractivity (Wildman–Crippen MR) is 66.6 cm³/mol. The topological polar surface area (TPSA) is 29.9 Å². The van der Waals surface area contributed by atoms with Crippen molar-refractivity contribution in [3.63, 3.8) is 0 Å². The van der Waals surface area contributed by atoms with Crippen molar-refractivity contribution in [2.75, 3.05) is 11.9 Å². The molecule has 17 heavy (non-hydrogen) atoms. The van der Waals surface area contributed by atoms with Crippen molar-refractivity contribution in [1.29, 1.82) is 0 Å². The van der Waals surface area contributed by atoms with Gasteiger partial charge in [-0.2, -0.15) is 5.10 Å². The Morgan fingerprint density at radius 2 is 1.94 bits per heavy atom. The molecule has 0 atom stereocenters. The molecule has 1 heterocycles. The van der Waals surface area contributed by atoms with Gasteiger partial charge in [0.1, 0.15) is 5.82 Å². The summed E-state index contributed by atoms with van der Waals surface area (Å²) < 4.78 is 14.7. The van der Waals surface area contributed by atoms with Crippen molar-refractivity contribution < 1.29 is 4.39 Å². The number of hydrogen-bond donors (Lipinski definition) is 1. The van der Waals surface area contributed by atoms with Crippen molar-refractivity contribution in [2.45, 2.75) is 20.4 Å². The summed E-state index contributed by atoms with van der Waals surface area (Å²) in [7, 11) is 0. The monoisotopic (exact) mass is 233 g/mol. The summed E-state index contributed by atoms with van der Waals surface area (Å²) in [4.78, 5) is 0. The van der Waals surface area contributed by atoms with Crippen LogP contribution in [0.25, 0.3) is 0 Å². The average molecular weight is 233 g/mol. The minimum absolute atomic E-state index is 0.214. The third-order valence-electron chi connectivity index (χ3n) is 2.60. The van der Waals surface area contributed by atoms with Crippen LogP contribution in [0.5, 0.6) is 0 Å². The second-order valence-corrected chi connectivity index (χ2v) is 4.08. The number of benzene rings is 1. The quantitative estimate of drug-likeness (QED) is 0.880. The van der Waals surface area contributed by atoms with Gasteiger partial charge in [0.25, 0.3) is 0 Å².